The van der Waals surface area contributed by atoms with Gasteiger partial charge < -0.3 is 14.7 Å². The van der Waals surface area contributed by atoms with Gasteiger partial charge >= 0.3 is 12.1 Å². The van der Waals surface area contributed by atoms with Crippen LogP contribution in [0.25, 0.3) is 0 Å². The Morgan fingerprint density at radius 1 is 1.10 bits per heavy atom. The Kier molecular flexibility index (Phi) is 7.19. The summed E-state index contributed by atoms with van der Waals surface area (Å²) in [5.74, 6) is -0.223. The Morgan fingerprint density at radius 2 is 1.73 bits per heavy atom. The highest BCUT2D eigenvalue weighted by atomic mass is 16.6. The van der Waals surface area contributed by atoms with Crippen molar-refractivity contribution in [2.45, 2.75) is 52.2 Å². The van der Waals surface area contributed by atoms with Crippen LogP contribution in [0.5, 0.6) is 0 Å². The zero-order valence-electron chi connectivity index (χ0n) is 18.3. The van der Waals surface area contributed by atoms with Crippen LogP contribution >= 0.6 is 0 Å². The van der Waals surface area contributed by atoms with Gasteiger partial charge in [-0.05, 0) is 39.2 Å². The van der Waals surface area contributed by atoms with Crippen molar-refractivity contribution in [1.82, 2.24) is 9.80 Å². The molecule has 0 aliphatic carbocycles. The first-order valence-corrected chi connectivity index (χ1v) is 10.9. The number of aliphatic carboxylic acids is 1. The van der Waals surface area contributed by atoms with E-state index in [4.69, 9.17) is 9.84 Å². The zero-order valence-corrected chi connectivity index (χ0v) is 18.3. The fourth-order valence-corrected chi connectivity index (χ4v) is 4.48. The van der Waals surface area contributed by atoms with E-state index in [2.05, 4.69) is 35.2 Å². The third-order valence-corrected chi connectivity index (χ3v) is 5.66. The second kappa shape index (κ2) is 9.65. The lowest BCUT2D eigenvalue weighted by atomic mass is 9.78. The fourth-order valence-electron chi connectivity index (χ4n) is 4.48. The van der Waals surface area contributed by atoms with Crippen LogP contribution in [0.15, 0.2) is 42.0 Å². The first kappa shape index (κ1) is 22.3. The van der Waals surface area contributed by atoms with E-state index in [0.29, 0.717) is 19.5 Å². The van der Waals surface area contributed by atoms with E-state index < -0.39 is 11.6 Å². The molecule has 2 atom stereocenters. The van der Waals surface area contributed by atoms with E-state index in [1.54, 1.807) is 0 Å². The summed E-state index contributed by atoms with van der Waals surface area (Å²) in [6.07, 6.45) is 3.63. The maximum Gasteiger partial charge on any atom is 0.410 e. The second-order valence-corrected chi connectivity index (χ2v) is 9.45. The third kappa shape index (κ3) is 6.33. The number of nitrogens with zero attached hydrogens (tertiary/aromatic N) is 2. The average Bonchev–Trinajstić information content (AvgIpc) is 2.64. The Balaban J connectivity index is 1.70. The third-order valence-electron chi connectivity index (χ3n) is 5.66. The van der Waals surface area contributed by atoms with Gasteiger partial charge in [0, 0.05) is 51.0 Å². The Morgan fingerprint density at radius 3 is 2.30 bits per heavy atom. The Bertz CT molecular complexity index is 751. The highest BCUT2D eigenvalue weighted by Gasteiger charge is 2.40. The van der Waals surface area contributed by atoms with Crippen LogP contribution in [0.4, 0.5) is 4.79 Å². The van der Waals surface area contributed by atoms with Crippen molar-refractivity contribution < 1.29 is 19.4 Å². The molecule has 2 saturated heterocycles. The van der Waals surface area contributed by atoms with E-state index in [1.165, 1.54) is 11.1 Å². The molecule has 0 spiro atoms. The molecule has 0 aromatic heterocycles. The molecule has 2 unspecified atom stereocenters. The number of carboxylic acid groups (broad SMARTS) is 1. The lowest BCUT2D eigenvalue weighted by molar-refractivity contribution is -0.137. The first-order chi connectivity index (χ1) is 14.2. The molecule has 30 heavy (non-hydrogen) atoms. The summed E-state index contributed by atoms with van der Waals surface area (Å²) in [5, 5.41) is 8.89. The summed E-state index contributed by atoms with van der Waals surface area (Å²) in [4.78, 5) is 27.8. The fraction of sp³-hybridized carbons (Fsp3) is 0.583. The summed E-state index contributed by atoms with van der Waals surface area (Å²) in [5.41, 5.74) is 2.19. The summed E-state index contributed by atoms with van der Waals surface area (Å²) in [6.45, 7) is 9.70. The van der Waals surface area contributed by atoms with Gasteiger partial charge in [-0.15, -0.1) is 0 Å². The van der Waals surface area contributed by atoms with E-state index in [1.807, 2.05) is 31.7 Å². The van der Waals surface area contributed by atoms with Crippen LogP contribution in [-0.2, 0) is 16.1 Å². The monoisotopic (exact) mass is 414 g/mol. The van der Waals surface area contributed by atoms with Gasteiger partial charge in [0.2, 0.25) is 0 Å². The van der Waals surface area contributed by atoms with E-state index in [-0.39, 0.29) is 24.3 Å². The number of benzene rings is 1. The van der Waals surface area contributed by atoms with Crippen molar-refractivity contribution >= 4 is 12.1 Å². The number of likely N-dealkylation sites (tertiary alicyclic amines) is 2. The van der Waals surface area contributed by atoms with Crippen molar-refractivity contribution in [3.05, 3.63) is 47.5 Å². The minimum absolute atomic E-state index is 0.198. The summed E-state index contributed by atoms with van der Waals surface area (Å²) < 4.78 is 5.61. The van der Waals surface area contributed by atoms with Gasteiger partial charge in [-0.2, -0.15) is 0 Å². The maximum absolute atomic E-state index is 12.7. The van der Waals surface area contributed by atoms with Crippen LogP contribution < -0.4 is 0 Å². The number of amides is 1. The molecule has 1 aromatic rings. The topological polar surface area (TPSA) is 70.1 Å². The minimum atomic E-state index is -0.748. The largest absolute Gasteiger partial charge is 0.481 e. The molecule has 3 rings (SSSR count). The van der Waals surface area contributed by atoms with Crippen molar-refractivity contribution in [3.8, 4) is 0 Å². The van der Waals surface area contributed by atoms with Crippen molar-refractivity contribution in [1.29, 1.82) is 0 Å². The van der Waals surface area contributed by atoms with Gasteiger partial charge in [0.15, 0.2) is 0 Å². The van der Waals surface area contributed by atoms with Gasteiger partial charge in [0.1, 0.15) is 5.60 Å². The molecule has 2 heterocycles. The molecule has 2 fully saturated rings. The number of carbonyl (C=O) groups excluding carboxylic acids is 1. The number of carbonyl (C=O) groups is 2. The molecule has 6 nitrogen and oxygen atoms in total. The molecule has 0 radical (unpaired) electrons. The van der Waals surface area contributed by atoms with Crippen molar-refractivity contribution in [2.75, 3.05) is 26.2 Å². The number of fused-ring (bicyclic) bond motifs is 2. The normalized spacial score (nSPS) is 22.0. The number of hydrogen-bond donors (Lipinski definition) is 1. The van der Waals surface area contributed by atoms with Crippen molar-refractivity contribution in [3.63, 3.8) is 0 Å². The average molecular weight is 415 g/mol. The molecule has 1 aromatic carbocycles. The number of allylic oxidation sites excluding steroid dienone is 1. The van der Waals surface area contributed by atoms with Crippen LogP contribution in [0.1, 0.15) is 45.6 Å². The molecule has 2 aliphatic heterocycles. The van der Waals surface area contributed by atoms with Crippen LogP contribution in [0, 0.1) is 11.8 Å². The lowest BCUT2D eigenvalue weighted by Crippen LogP contribution is -2.55. The highest BCUT2D eigenvalue weighted by Crippen LogP contribution is 2.35. The maximum atomic E-state index is 12.7. The molecule has 164 valence electrons. The van der Waals surface area contributed by atoms with Gasteiger partial charge in [-0.3, -0.25) is 9.69 Å². The van der Waals surface area contributed by atoms with Gasteiger partial charge in [0.05, 0.1) is 0 Å². The van der Waals surface area contributed by atoms with E-state index >= 15 is 0 Å². The van der Waals surface area contributed by atoms with Gasteiger partial charge in [0.25, 0.3) is 0 Å². The molecular formula is C24H34N2O4. The molecule has 2 aliphatic rings. The zero-order chi connectivity index (χ0) is 21.7. The Labute approximate surface area is 179 Å². The SMILES string of the molecule is CC(C)(C)OC(=O)N1CC2CN(Cc3ccccc3)CC(C1)C2=CCCCC(=O)O. The van der Waals surface area contributed by atoms with E-state index in [9.17, 15) is 9.59 Å². The quantitative estimate of drug-likeness (QED) is 0.559. The summed E-state index contributed by atoms with van der Waals surface area (Å²) in [6, 6.07) is 10.5. The van der Waals surface area contributed by atoms with Crippen LogP contribution in [0.2, 0.25) is 0 Å². The molecule has 0 saturated carbocycles. The standard InChI is InChI=1S/C24H34N2O4/c1-24(2,3)30-23(29)26-16-19-14-25(13-18-9-5-4-6-10-18)15-20(17-26)21(19)11-7-8-12-22(27)28/h4-6,9-11,19-20H,7-8,12-17H2,1-3H3,(H,27,28). The highest BCUT2D eigenvalue weighted by molar-refractivity contribution is 5.68. The second-order valence-electron chi connectivity index (χ2n) is 9.45. The van der Waals surface area contributed by atoms with Gasteiger partial charge in [-0.1, -0.05) is 42.0 Å². The number of rotatable bonds is 6. The summed E-state index contributed by atoms with van der Waals surface area (Å²) >= 11 is 0. The number of carboxylic acids is 1. The molecule has 2 bridgehead atoms. The molecule has 6 heteroatoms. The smallest absolute Gasteiger partial charge is 0.410 e. The number of ether oxygens (including phenoxy) is 1. The molecule has 1 N–H and O–H groups in total. The minimum Gasteiger partial charge on any atom is -0.481 e. The predicted molar refractivity (Wildman–Crippen MR) is 116 cm³/mol. The van der Waals surface area contributed by atoms with Crippen molar-refractivity contribution in [2.24, 2.45) is 11.8 Å². The Hall–Kier alpha value is -2.34. The predicted octanol–water partition coefficient (Wildman–Crippen LogP) is 4.17. The van der Waals surface area contributed by atoms with E-state index in [0.717, 1.165) is 26.1 Å². The van der Waals surface area contributed by atoms with Gasteiger partial charge in [-0.25, -0.2) is 4.79 Å². The first-order valence-electron chi connectivity index (χ1n) is 10.9. The number of unbranched alkanes of at least 4 members (excludes halogenated alkanes) is 1. The number of hydrogen-bond acceptors (Lipinski definition) is 4. The lowest BCUT2D eigenvalue weighted by Gasteiger charge is -2.47. The van der Waals surface area contributed by atoms with Crippen LogP contribution in [-0.4, -0.2) is 58.7 Å². The molecule has 1 amide bonds. The summed E-state index contributed by atoms with van der Waals surface area (Å²) in [7, 11) is 0. The molecular weight excluding hydrogens is 380 g/mol. The number of piperidine rings is 2. The van der Waals surface area contributed by atoms with Crippen LogP contribution in [0.3, 0.4) is 0 Å².